The van der Waals surface area contributed by atoms with Crippen LogP contribution in [0.1, 0.15) is 45.2 Å². The third-order valence-corrected chi connectivity index (χ3v) is 3.22. The monoisotopic (exact) mass is 268 g/mol. The Balaban J connectivity index is 2.70. The molecule has 0 saturated heterocycles. The summed E-state index contributed by atoms with van der Waals surface area (Å²) in [6, 6.07) is 7.36. The van der Waals surface area contributed by atoms with Crippen molar-refractivity contribution in [2.75, 3.05) is 0 Å². The number of halogens is 1. The van der Waals surface area contributed by atoms with Gasteiger partial charge < -0.3 is 11.1 Å². The van der Waals surface area contributed by atoms with Gasteiger partial charge in [-0.2, -0.15) is 0 Å². The summed E-state index contributed by atoms with van der Waals surface area (Å²) in [6.07, 6.45) is 1.55. The van der Waals surface area contributed by atoms with E-state index >= 15 is 0 Å². The van der Waals surface area contributed by atoms with E-state index in [0.29, 0.717) is 11.4 Å². The normalized spacial score (nSPS) is 15.8. The first-order valence-electron chi connectivity index (χ1n) is 6.22. The van der Waals surface area contributed by atoms with E-state index in [1.165, 1.54) is 0 Å². The Morgan fingerprint density at radius 1 is 1.56 bits per heavy atom. The third kappa shape index (κ3) is 4.00. The number of carbonyl (C=O) groups is 1. The Kier molecular flexibility index (Phi) is 5.17. The van der Waals surface area contributed by atoms with Crippen molar-refractivity contribution in [3.8, 4) is 0 Å². The molecule has 0 heterocycles. The van der Waals surface area contributed by atoms with Crippen LogP contribution in [0.5, 0.6) is 0 Å². The molecule has 1 unspecified atom stereocenters. The molecule has 0 aliphatic carbocycles. The van der Waals surface area contributed by atoms with Gasteiger partial charge in [0.05, 0.1) is 11.6 Å². The lowest BCUT2D eigenvalue weighted by molar-refractivity contribution is -0.126. The van der Waals surface area contributed by atoms with E-state index in [-0.39, 0.29) is 11.9 Å². The first-order chi connectivity index (χ1) is 8.36. The van der Waals surface area contributed by atoms with Crippen LogP contribution in [0.3, 0.4) is 0 Å². The maximum atomic E-state index is 12.1. The van der Waals surface area contributed by atoms with Crippen molar-refractivity contribution in [1.82, 2.24) is 5.32 Å². The van der Waals surface area contributed by atoms with E-state index < -0.39 is 5.54 Å². The predicted octanol–water partition coefficient (Wildman–Crippen LogP) is 3.03. The number of rotatable bonds is 5. The average molecular weight is 269 g/mol. The molecule has 1 aromatic rings. The van der Waals surface area contributed by atoms with E-state index in [0.717, 1.165) is 12.0 Å². The number of hydrogen-bond acceptors (Lipinski definition) is 2. The zero-order valence-electron chi connectivity index (χ0n) is 11.2. The summed E-state index contributed by atoms with van der Waals surface area (Å²) in [6.45, 7) is 5.70. The second kappa shape index (κ2) is 6.21. The highest BCUT2D eigenvalue weighted by molar-refractivity contribution is 6.30. The van der Waals surface area contributed by atoms with Crippen LogP contribution in [0.4, 0.5) is 0 Å². The summed E-state index contributed by atoms with van der Waals surface area (Å²) in [4.78, 5) is 12.1. The lowest BCUT2D eigenvalue weighted by atomic mass is 9.95. The summed E-state index contributed by atoms with van der Waals surface area (Å²) in [7, 11) is 0. The maximum absolute atomic E-state index is 12.1. The van der Waals surface area contributed by atoms with Crippen molar-refractivity contribution in [3.05, 3.63) is 34.9 Å². The van der Waals surface area contributed by atoms with Gasteiger partial charge in [0.2, 0.25) is 5.91 Å². The molecule has 0 aromatic heterocycles. The van der Waals surface area contributed by atoms with Gasteiger partial charge >= 0.3 is 0 Å². The van der Waals surface area contributed by atoms with Crippen molar-refractivity contribution in [3.63, 3.8) is 0 Å². The molecule has 1 rings (SSSR count). The van der Waals surface area contributed by atoms with Crippen LogP contribution in [0.25, 0.3) is 0 Å². The SMILES string of the molecule is CCCC(C)(N)C(=O)N[C@@H](C)c1cccc(Cl)c1. The number of hydrogen-bond donors (Lipinski definition) is 2. The van der Waals surface area contributed by atoms with E-state index in [4.69, 9.17) is 17.3 Å². The standard InChI is InChI=1S/C14H21ClN2O/c1-4-8-14(3,16)13(18)17-10(2)11-6-5-7-12(15)9-11/h5-7,9-10H,4,8,16H2,1-3H3,(H,17,18)/t10-,14?/m0/s1. The fourth-order valence-electron chi connectivity index (χ4n) is 1.85. The molecule has 3 nitrogen and oxygen atoms in total. The quantitative estimate of drug-likeness (QED) is 0.862. The topological polar surface area (TPSA) is 55.1 Å². The van der Waals surface area contributed by atoms with Gasteiger partial charge in [-0.3, -0.25) is 4.79 Å². The zero-order valence-corrected chi connectivity index (χ0v) is 11.9. The summed E-state index contributed by atoms with van der Waals surface area (Å²) in [5.74, 6) is -0.128. The van der Waals surface area contributed by atoms with Crippen molar-refractivity contribution in [2.24, 2.45) is 5.73 Å². The highest BCUT2D eigenvalue weighted by Gasteiger charge is 2.28. The fourth-order valence-corrected chi connectivity index (χ4v) is 2.05. The van der Waals surface area contributed by atoms with E-state index in [1.807, 2.05) is 38.1 Å². The van der Waals surface area contributed by atoms with Gasteiger partial charge in [0.1, 0.15) is 0 Å². The van der Waals surface area contributed by atoms with Gasteiger partial charge in [0, 0.05) is 5.02 Å². The van der Waals surface area contributed by atoms with Crippen LogP contribution in [0, 0.1) is 0 Å². The molecule has 2 atom stereocenters. The minimum absolute atomic E-state index is 0.101. The molecule has 0 saturated carbocycles. The average Bonchev–Trinajstić information content (AvgIpc) is 2.28. The Hall–Kier alpha value is -1.06. The molecule has 3 N–H and O–H groups in total. The molecule has 0 radical (unpaired) electrons. The third-order valence-electron chi connectivity index (χ3n) is 2.98. The molecule has 0 bridgehead atoms. The van der Waals surface area contributed by atoms with Gasteiger partial charge in [-0.05, 0) is 38.0 Å². The summed E-state index contributed by atoms with van der Waals surface area (Å²) < 4.78 is 0. The summed E-state index contributed by atoms with van der Waals surface area (Å²) >= 11 is 5.93. The van der Waals surface area contributed by atoms with Crippen molar-refractivity contribution in [1.29, 1.82) is 0 Å². The Morgan fingerprint density at radius 3 is 2.78 bits per heavy atom. The highest BCUT2D eigenvalue weighted by Crippen LogP contribution is 2.18. The number of benzene rings is 1. The number of nitrogens with two attached hydrogens (primary N) is 1. The second-order valence-electron chi connectivity index (χ2n) is 4.92. The Bertz CT molecular complexity index is 418. The van der Waals surface area contributed by atoms with Gasteiger partial charge in [-0.25, -0.2) is 0 Å². The van der Waals surface area contributed by atoms with Crippen LogP contribution >= 0.6 is 11.6 Å². The van der Waals surface area contributed by atoms with E-state index in [9.17, 15) is 4.79 Å². The predicted molar refractivity (Wildman–Crippen MR) is 75.5 cm³/mol. The van der Waals surface area contributed by atoms with Crippen molar-refractivity contribution >= 4 is 17.5 Å². The highest BCUT2D eigenvalue weighted by atomic mass is 35.5. The van der Waals surface area contributed by atoms with Crippen molar-refractivity contribution < 1.29 is 4.79 Å². The van der Waals surface area contributed by atoms with Crippen LogP contribution < -0.4 is 11.1 Å². The minimum atomic E-state index is -0.818. The molecule has 0 aliphatic heterocycles. The Morgan fingerprint density at radius 2 is 2.22 bits per heavy atom. The molecule has 100 valence electrons. The minimum Gasteiger partial charge on any atom is -0.348 e. The lowest BCUT2D eigenvalue weighted by Crippen LogP contribution is -2.52. The molecular weight excluding hydrogens is 248 g/mol. The maximum Gasteiger partial charge on any atom is 0.240 e. The zero-order chi connectivity index (χ0) is 13.8. The molecule has 0 aliphatic rings. The lowest BCUT2D eigenvalue weighted by Gasteiger charge is -2.25. The molecule has 1 amide bonds. The van der Waals surface area contributed by atoms with Crippen LogP contribution in [-0.4, -0.2) is 11.4 Å². The molecule has 18 heavy (non-hydrogen) atoms. The van der Waals surface area contributed by atoms with Crippen LogP contribution in [-0.2, 0) is 4.79 Å². The number of nitrogens with one attached hydrogen (secondary N) is 1. The van der Waals surface area contributed by atoms with E-state index in [2.05, 4.69) is 5.32 Å². The Labute approximate surface area is 114 Å². The molecule has 0 fully saturated rings. The van der Waals surface area contributed by atoms with Gasteiger partial charge in [-0.1, -0.05) is 37.1 Å². The van der Waals surface area contributed by atoms with Gasteiger partial charge in [-0.15, -0.1) is 0 Å². The first-order valence-corrected chi connectivity index (χ1v) is 6.60. The van der Waals surface area contributed by atoms with E-state index in [1.54, 1.807) is 6.92 Å². The smallest absolute Gasteiger partial charge is 0.240 e. The molecule has 4 heteroatoms. The van der Waals surface area contributed by atoms with Gasteiger partial charge in [0.15, 0.2) is 0 Å². The molecular formula is C14H21ClN2O. The van der Waals surface area contributed by atoms with Crippen LogP contribution in [0.15, 0.2) is 24.3 Å². The first kappa shape index (κ1) is 15.0. The largest absolute Gasteiger partial charge is 0.348 e. The summed E-state index contributed by atoms with van der Waals surface area (Å²) in [5, 5.41) is 3.59. The second-order valence-corrected chi connectivity index (χ2v) is 5.35. The molecule has 1 aromatic carbocycles. The van der Waals surface area contributed by atoms with Gasteiger partial charge in [0.25, 0.3) is 0 Å². The molecule has 0 spiro atoms. The number of carbonyl (C=O) groups excluding carboxylic acids is 1. The number of amides is 1. The van der Waals surface area contributed by atoms with Crippen molar-refractivity contribution in [2.45, 2.75) is 45.2 Å². The fraction of sp³-hybridized carbons (Fsp3) is 0.500. The van der Waals surface area contributed by atoms with Crippen LogP contribution in [0.2, 0.25) is 5.02 Å². The summed E-state index contributed by atoms with van der Waals surface area (Å²) in [5.41, 5.74) is 6.15.